The fourth-order valence-corrected chi connectivity index (χ4v) is 2.91. The zero-order valence-electron chi connectivity index (χ0n) is 16.2. The lowest BCUT2D eigenvalue weighted by Gasteiger charge is -2.33. The number of nitrogens with one attached hydrogen (secondary N) is 3. The van der Waals surface area contributed by atoms with Crippen molar-refractivity contribution < 1.29 is 0 Å². The maximum atomic E-state index is 4.69. The van der Waals surface area contributed by atoms with E-state index in [1.807, 2.05) is 18.3 Å². The van der Waals surface area contributed by atoms with Crippen LogP contribution in [0.2, 0.25) is 0 Å². The summed E-state index contributed by atoms with van der Waals surface area (Å²) in [6.07, 6.45) is 4.06. The van der Waals surface area contributed by atoms with Gasteiger partial charge in [0.25, 0.3) is 0 Å². The highest BCUT2D eigenvalue weighted by atomic mass is 15.2. The predicted molar refractivity (Wildman–Crippen MR) is 106 cm³/mol. The number of piperidine rings is 1. The second-order valence-electron chi connectivity index (χ2n) is 7.53. The molecular weight excluding hydrogens is 312 g/mol. The van der Waals surface area contributed by atoms with E-state index >= 15 is 0 Å². The zero-order chi connectivity index (χ0) is 18.1. The van der Waals surface area contributed by atoms with Crippen molar-refractivity contribution in [1.29, 1.82) is 0 Å². The first kappa shape index (κ1) is 19.5. The van der Waals surface area contributed by atoms with E-state index in [-0.39, 0.29) is 5.54 Å². The molecule has 0 atom stereocenters. The normalized spacial score (nSPS) is 16.8. The zero-order valence-corrected chi connectivity index (χ0v) is 16.2. The van der Waals surface area contributed by atoms with Crippen LogP contribution in [0.5, 0.6) is 0 Å². The van der Waals surface area contributed by atoms with E-state index in [0.717, 1.165) is 57.3 Å². The highest BCUT2D eigenvalue weighted by Gasteiger charge is 2.20. The van der Waals surface area contributed by atoms with E-state index in [4.69, 9.17) is 4.99 Å². The minimum absolute atomic E-state index is 0.138. The van der Waals surface area contributed by atoms with Gasteiger partial charge in [-0.25, -0.2) is 4.98 Å². The van der Waals surface area contributed by atoms with Crippen molar-refractivity contribution in [3.63, 3.8) is 0 Å². The molecule has 1 fully saturated rings. The average Bonchev–Trinajstić information content (AvgIpc) is 2.59. The molecule has 0 unspecified atom stereocenters. The van der Waals surface area contributed by atoms with Crippen molar-refractivity contribution in [3.05, 3.63) is 24.4 Å². The van der Waals surface area contributed by atoms with Gasteiger partial charge in [-0.2, -0.15) is 0 Å². The summed E-state index contributed by atoms with van der Waals surface area (Å²) in [5, 5.41) is 10.4. The number of aromatic nitrogens is 1. The lowest BCUT2D eigenvalue weighted by Crippen LogP contribution is -2.49. The molecule has 6 nitrogen and oxygen atoms in total. The average molecular weight is 347 g/mol. The topological polar surface area (TPSA) is 64.6 Å². The highest BCUT2D eigenvalue weighted by molar-refractivity contribution is 5.80. The van der Waals surface area contributed by atoms with Crippen LogP contribution in [-0.2, 0) is 0 Å². The number of nitrogens with zero attached hydrogens (tertiary/aromatic N) is 3. The molecule has 1 aliphatic heterocycles. The molecule has 0 bridgehead atoms. The summed E-state index contributed by atoms with van der Waals surface area (Å²) < 4.78 is 0. The fraction of sp³-hybridized carbons (Fsp3) is 0.684. The first-order chi connectivity index (χ1) is 12.0. The number of hydrogen-bond acceptors (Lipinski definition) is 4. The van der Waals surface area contributed by atoms with Gasteiger partial charge in [-0.05, 0) is 52.7 Å². The van der Waals surface area contributed by atoms with Gasteiger partial charge in [0.05, 0.1) is 6.54 Å². The SMILES string of the molecule is CCNC(=NCCNC(C)(C)C)NC1CCN(c2ccccn2)CC1. The van der Waals surface area contributed by atoms with Crippen molar-refractivity contribution in [2.24, 2.45) is 4.99 Å². The van der Waals surface area contributed by atoms with Crippen LogP contribution >= 0.6 is 0 Å². The van der Waals surface area contributed by atoms with E-state index in [9.17, 15) is 0 Å². The Hall–Kier alpha value is -1.82. The number of aliphatic imine (C=N–C) groups is 1. The van der Waals surface area contributed by atoms with Crippen LogP contribution in [-0.4, -0.2) is 55.2 Å². The molecule has 1 saturated heterocycles. The Morgan fingerprint density at radius 2 is 2.04 bits per heavy atom. The van der Waals surface area contributed by atoms with E-state index in [1.54, 1.807) is 0 Å². The van der Waals surface area contributed by atoms with Gasteiger partial charge >= 0.3 is 0 Å². The predicted octanol–water partition coefficient (Wildman–Crippen LogP) is 1.99. The van der Waals surface area contributed by atoms with E-state index < -0.39 is 0 Å². The van der Waals surface area contributed by atoms with Gasteiger partial charge in [-0.1, -0.05) is 6.07 Å². The minimum atomic E-state index is 0.138. The van der Waals surface area contributed by atoms with Crippen LogP contribution in [0.3, 0.4) is 0 Å². The van der Waals surface area contributed by atoms with Gasteiger partial charge in [0.2, 0.25) is 0 Å². The summed E-state index contributed by atoms with van der Waals surface area (Å²) in [4.78, 5) is 11.5. The molecule has 0 saturated carbocycles. The smallest absolute Gasteiger partial charge is 0.191 e. The number of pyridine rings is 1. The Kier molecular flexibility index (Phi) is 7.50. The Bertz CT molecular complexity index is 514. The van der Waals surface area contributed by atoms with Crippen LogP contribution < -0.4 is 20.9 Å². The molecule has 0 radical (unpaired) electrons. The number of hydrogen-bond donors (Lipinski definition) is 3. The lowest BCUT2D eigenvalue weighted by atomic mass is 10.1. The Balaban J connectivity index is 1.78. The van der Waals surface area contributed by atoms with Gasteiger partial charge in [0, 0.05) is 44.0 Å². The van der Waals surface area contributed by atoms with E-state index in [1.165, 1.54) is 0 Å². The second kappa shape index (κ2) is 9.61. The molecule has 1 aromatic heterocycles. The van der Waals surface area contributed by atoms with Crippen LogP contribution in [0.25, 0.3) is 0 Å². The van der Waals surface area contributed by atoms with Gasteiger partial charge < -0.3 is 20.9 Å². The largest absolute Gasteiger partial charge is 0.357 e. The molecule has 2 heterocycles. The monoisotopic (exact) mass is 346 g/mol. The Morgan fingerprint density at radius 3 is 2.64 bits per heavy atom. The first-order valence-corrected chi connectivity index (χ1v) is 9.44. The molecule has 0 amide bonds. The third kappa shape index (κ3) is 7.30. The summed E-state index contributed by atoms with van der Waals surface area (Å²) in [5.41, 5.74) is 0.138. The van der Waals surface area contributed by atoms with Gasteiger partial charge in [0.1, 0.15) is 5.82 Å². The maximum absolute atomic E-state index is 4.69. The second-order valence-corrected chi connectivity index (χ2v) is 7.53. The third-order valence-electron chi connectivity index (χ3n) is 4.19. The molecule has 25 heavy (non-hydrogen) atoms. The standard InChI is InChI=1S/C19H34N6/c1-5-20-18(22-12-13-23-19(2,3)4)24-16-9-14-25(15-10-16)17-8-6-7-11-21-17/h6-8,11,16,23H,5,9-10,12-15H2,1-4H3,(H2,20,22,24). The van der Waals surface area contributed by atoms with Crippen molar-refractivity contribution in [2.45, 2.75) is 52.1 Å². The van der Waals surface area contributed by atoms with Crippen molar-refractivity contribution in [3.8, 4) is 0 Å². The van der Waals surface area contributed by atoms with Crippen molar-refractivity contribution >= 4 is 11.8 Å². The molecule has 6 heteroatoms. The molecule has 1 aliphatic rings. The summed E-state index contributed by atoms with van der Waals surface area (Å²) >= 11 is 0. The van der Waals surface area contributed by atoms with Gasteiger partial charge in [-0.15, -0.1) is 0 Å². The molecule has 0 aliphatic carbocycles. The molecule has 2 rings (SSSR count). The minimum Gasteiger partial charge on any atom is -0.357 e. The molecule has 140 valence electrons. The van der Waals surface area contributed by atoms with Crippen LogP contribution in [0, 0.1) is 0 Å². The van der Waals surface area contributed by atoms with Crippen LogP contribution in [0.15, 0.2) is 29.4 Å². The van der Waals surface area contributed by atoms with E-state index in [0.29, 0.717) is 6.04 Å². The number of rotatable bonds is 6. The Labute approximate surface area is 152 Å². The first-order valence-electron chi connectivity index (χ1n) is 9.44. The highest BCUT2D eigenvalue weighted by Crippen LogP contribution is 2.17. The van der Waals surface area contributed by atoms with Crippen LogP contribution in [0.4, 0.5) is 5.82 Å². The number of anilines is 1. The molecule has 3 N–H and O–H groups in total. The summed E-state index contributed by atoms with van der Waals surface area (Å²) in [6, 6.07) is 6.56. The molecule has 0 aromatic carbocycles. The van der Waals surface area contributed by atoms with E-state index in [2.05, 4.69) is 59.6 Å². The van der Waals surface area contributed by atoms with Gasteiger partial charge in [0.15, 0.2) is 5.96 Å². The molecule has 1 aromatic rings. The van der Waals surface area contributed by atoms with Gasteiger partial charge in [-0.3, -0.25) is 4.99 Å². The molecule has 0 spiro atoms. The molecular formula is C19H34N6. The fourth-order valence-electron chi connectivity index (χ4n) is 2.91. The summed E-state index contributed by atoms with van der Waals surface area (Å²) in [5.74, 6) is 2.00. The number of guanidine groups is 1. The third-order valence-corrected chi connectivity index (χ3v) is 4.19. The maximum Gasteiger partial charge on any atom is 0.191 e. The Morgan fingerprint density at radius 1 is 1.28 bits per heavy atom. The quantitative estimate of drug-likeness (QED) is 0.418. The lowest BCUT2D eigenvalue weighted by molar-refractivity contribution is 0.431. The van der Waals surface area contributed by atoms with Crippen LogP contribution in [0.1, 0.15) is 40.5 Å². The van der Waals surface area contributed by atoms with Crippen molar-refractivity contribution in [2.75, 3.05) is 37.6 Å². The summed E-state index contributed by atoms with van der Waals surface area (Å²) in [6.45, 7) is 13.2. The van der Waals surface area contributed by atoms with Crippen molar-refractivity contribution in [1.82, 2.24) is 20.9 Å². The summed E-state index contributed by atoms with van der Waals surface area (Å²) in [7, 11) is 0.